The minimum Gasteiger partial charge on any atom is -0.494 e. The summed E-state index contributed by atoms with van der Waals surface area (Å²) in [6, 6.07) is 7.53. The first-order chi connectivity index (χ1) is 9.11. The minimum absolute atomic E-state index is 0.0576. The van der Waals surface area contributed by atoms with Gasteiger partial charge in [-0.3, -0.25) is 0 Å². The van der Waals surface area contributed by atoms with Gasteiger partial charge in [0.1, 0.15) is 5.75 Å². The van der Waals surface area contributed by atoms with E-state index < -0.39 is 5.97 Å². The van der Waals surface area contributed by atoms with Crippen LogP contribution >= 0.6 is 0 Å². The van der Waals surface area contributed by atoms with Crippen LogP contribution in [0.4, 0.5) is 0 Å². The van der Waals surface area contributed by atoms with Crippen molar-refractivity contribution in [2.24, 2.45) is 0 Å². The van der Waals surface area contributed by atoms with Crippen LogP contribution in [-0.2, 0) is 0 Å². The number of ether oxygens (including phenoxy) is 1. The van der Waals surface area contributed by atoms with Crippen LogP contribution in [0.15, 0.2) is 30.5 Å². The van der Waals surface area contributed by atoms with Crippen LogP contribution in [0.3, 0.4) is 0 Å². The van der Waals surface area contributed by atoms with Crippen LogP contribution in [-0.4, -0.2) is 32.7 Å². The van der Waals surface area contributed by atoms with Gasteiger partial charge in [-0.15, -0.1) is 5.10 Å². The van der Waals surface area contributed by atoms with E-state index in [2.05, 4.69) is 10.3 Å². The van der Waals surface area contributed by atoms with E-state index in [1.165, 1.54) is 10.9 Å². The molecule has 1 N–H and O–H groups in total. The summed E-state index contributed by atoms with van der Waals surface area (Å²) in [4.78, 5) is 10.8. The second-order valence-electron chi connectivity index (χ2n) is 4.07. The second-order valence-corrected chi connectivity index (χ2v) is 4.07. The number of hydrogen-bond donors (Lipinski definition) is 1. The average Bonchev–Trinajstić information content (AvgIpc) is 2.89. The minimum atomic E-state index is -1.08. The van der Waals surface area contributed by atoms with Crippen molar-refractivity contribution >= 4 is 5.97 Å². The van der Waals surface area contributed by atoms with Gasteiger partial charge in [-0.1, -0.05) is 17.3 Å². The van der Waals surface area contributed by atoms with Crippen LogP contribution in [0.2, 0.25) is 0 Å². The predicted molar refractivity (Wildman–Crippen MR) is 68.4 cm³/mol. The average molecular weight is 261 g/mol. The molecule has 2 rings (SSSR count). The molecule has 2 aromatic rings. The third kappa shape index (κ3) is 2.90. The summed E-state index contributed by atoms with van der Waals surface area (Å²) in [5.41, 5.74) is 0.947. The maximum absolute atomic E-state index is 10.8. The highest BCUT2D eigenvalue weighted by atomic mass is 16.5. The van der Waals surface area contributed by atoms with E-state index in [4.69, 9.17) is 9.84 Å². The summed E-state index contributed by atoms with van der Waals surface area (Å²) in [6.07, 6.45) is 1.42. The van der Waals surface area contributed by atoms with Gasteiger partial charge >= 0.3 is 5.97 Å². The summed E-state index contributed by atoms with van der Waals surface area (Å²) in [5.74, 6) is -0.270. The van der Waals surface area contributed by atoms with Gasteiger partial charge in [0.15, 0.2) is 5.69 Å². The van der Waals surface area contributed by atoms with Crippen molar-refractivity contribution in [1.29, 1.82) is 0 Å². The number of aromatic nitrogens is 3. The van der Waals surface area contributed by atoms with Crippen molar-refractivity contribution in [1.82, 2.24) is 15.0 Å². The Morgan fingerprint density at radius 2 is 2.11 bits per heavy atom. The molecule has 0 amide bonds. The Morgan fingerprint density at radius 1 is 1.42 bits per heavy atom. The second kappa shape index (κ2) is 5.51. The third-order valence-corrected chi connectivity index (χ3v) is 2.80. The molecule has 1 aromatic heterocycles. The molecule has 1 atom stereocenters. The molecule has 100 valence electrons. The number of hydrogen-bond acceptors (Lipinski definition) is 4. The highest BCUT2D eigenvalue weighted by molar-refractivity contribution is 5.84. The first-order valence-corrected chi connectivity index (χ1v) is 5.99. The van der Waals surface area contributed by atoms with E-state index in [1.807, 2.05) is 38.1 Å². The molecular formula is C13H15N3O3. The van der Waals surface area contributed by atoms with E-state index in [9.17, 15) is 4.79 Å². The van der Waals surface area contributed by atoms with E-state index in [1.54, 1.807) is 0 Å². The Morgan fingerprint density at radius 3 is 2.63 bits per heavy atom. The summed E-state index contributed by atoms with van der Waals surface area (Å²) >= 11 is 0. The summed E-state index contributed by atoms with van der Waals surface area (Å²) in [5, 5.41) is 16.2. The van der Waals surface area contributed by atoms with Gasteiger partial charge in [0.05, 0.1) is 18.8 Å². The molecule has 0 fully saturated rings. The number of carboxylic acids is 1. The number of nitrogens with zero attached hydrogens (tertiary/aromatic N) is 3. The molecule has 0 aliphatic rings. The van der Waals surface area contributed by atoms with Gasteiger partial charge in [-0.05, 0) is 31.5 Å². The summed E-state index contributed by atoms with van der Waals surface area (Å²) in [6.45, 7) is 4.48. The van der Waals surface area contributed by atoms with E-state index >= 15 is 0 Å². The van der Waals surface area contributed by atoms with Gasteiger partial charge < -0.3 is 9.84 Å². The zero-order chi connectivity index (χ0) is 13.8. The summed E-state index contributed by atoms with van der Waals surface area (Å²) < 4.78 is 6.90. The molecule has 6 heteroatoms. The first-order valence-electron chi connectivity index (χ1n) is 5.99. The lowest BCUT2D eigenvalue weighted by molar-refractivity contribution is 0.0690. The van der Waals surface area contributed by atoms with E-state index in [-0.39, 0.29) is 11.7 Å². The van der Waals surface area contributed by atoms with Crippen molar-refractivity contribution in [2.45, 2.75) is 19.9 Å². The van der Waals surface area contributed by atoms with Crippen LogP contribution in [0, 0.1) is 0 Å². The third-order valence-electron chi connectivity index (χ3n) is 2.80. The molecule has 0 unspecified atom stereocenters. The quantitative estimate of drug-likeness (QED) is 0.890. The highest BCUT2D eigenvalue weighted by Gasteiger charge is 2.13. The molecule has 19 heavy (non-hydrogen) atoms. The molecule has 1 aromatic carbocycles. The fourth-order valence-electron chi connectivity index (χ4n) is 1.73. The number of aromatic carboxylic acids is 1. The van der Waals surface area contributed by atoms with E-state index in [0.29, 0.717) is 6.61 Å². The van der Waals surface area contributed by atoms with Gasteiger partial charge in [-0.2, -0.15) is 0 Å². The Balaban J connectivity index is 2.17. The zero-order valence-electron chi connectivity index (χ0n) is 10.8. The molecule has 6 nitrogen and oxygen atoms in total. The van der Waals surface area contributed by atoms with Crippen molar-refractivity contribution in [3.8, 4) is 5.75 Å². The lowest BCUT2D eigenvalue weighted by Gasteiger charge is -2.12. The SMILES string of the molecule is CCOc1ccc([C@H](C)n2cc(C(=O)O)nn2)cc1. The number of carbonyl (C=O) groups is 1. The summed E-state index contributed by atoms with van der Waals surface area (Å²) in [7, 11) is 0. The molecule has 1 heterocycles. The molecule has 0 saturated heterocycles. The van der Waals surface area contributed by atoms with Gasteiger partial charge in [0.2, 0.25) is 0 Å². The van der Waals surface area contributed by atoms with Gasteiger partial charge in [0.25, 0.3) is 0 Å². The smallest absolute Gasteiger partial charge is 0.358 e. The molecule has 0 spiro atoms. The normalized spacial score (nSPS) is 12.1. The fourth-order valence-corrected chi connectivity index (χ4v) is 1.73. The van der Waals surface area contributed by atoms with Crippen LogP contribution in [0.1, 0.15) is 35.9 Å². The van der Waals surface area contributed by atoms with Crippen molar-refractivity contribution in [2.75, 3.05) is 6.61 Å². The Bertz CT molecular complexity index is 563. The zero-order valence-corrected chi connectivity index (χ0v) is 10.8. The highest BCUT2D eigenvalue weighted by Crippen LogP contribution is 2.20. The largest absolute Gasteiger partial charge is 0.494 e. The Labute approximate surface area is 110 Å². The molecule has 0 aliphatic carbocycles. The standard InChI is InChI=1S/C13H15N3O3/c1-3-19-11-6-4-10(5-7-11)9(2)16-8-12(13(17)18)14-15-16/h4-9H,3H2,1-2H3,(H,17,18)/t9-/m0/s1. The van der Waals surface area contributed by atoms with Crippen molar-refractivity contribution < 1.29 is 14.6 Å². The Kier molecular flexibility index (Phi) is 3.79. The van der Waals surface area contributed by atoms with Gasteiger partial charge in [-0.25, -0.2) is 9.48 Å². The number of carboxylic acid groups (broad SMARTS) is 1. The fraction of sp³-hybridized carbons (Fsp3) is 0.308. The molecule has 0 aliphatic heterocycles. The maximum Gasteiger partial charge on any atom is 0.358 e. The lowest BCUT2D eigenvalue weighted by Crippen LogP contribution is -2.07. The van der Waals surface area contributed by atoms with Crippen molar-refractivity contribution in [3.63, 3.8) is 0 Å². The molecule has 0 radical (unpaired) electrons. The molecule has 0 saturated carbocycles. The monoisotopic (exact) mass is 261 g/mol. The maximum atomic E-state index is 10.8. The van der Waals surface area contributed by atoms with Crippen LogP contribution in [0.5, 0.6) is 5.75 Å². The van der Waals surface area contributed by atoms with Crippen LogP contribution < -0.4 is 4.74 Å². The molecule has 0 bridgehead atoms. The van der Waals surface area contributed by atoms with Gasteiger partial charge in [0, 0.05) is 0 Å². The van der Waals surface area contributed by atoms with Crippen LogP contribution in [0.25, 0.3) is 0 Å². The van der Waals surface area contributed by atoms with Crippen molar-refractivity contribution in [3.05, 3.63) is 41.7 Å². The lowest BCUT2D eigenvalue weighted by atomic mass is 10.1. The predicted octanol–water partition coefficient (Wildman–Crippen LogP) is 1.98. The number of rotatable bonds is 5. The molecular weight excluding hydrogens is 246 g/mol. The topological polar surface area (TPSA) is 77.2 Å². The first kappa shape index (κ1) is 13.1. The number of benzene rings is 1. The van der Waals surface area contributed by atoms with E-state index in [0.717, 1.165) is 11.3 Å². The Hall–Kier alpha value is -2.37.